The van der Waals surface area contributed by atoms with Crippen LogP contribution < -0.4 is 14.8 Å². The smallest absolute Gasteiger partial charge is 0.161 e. The van der Waals surface area contributed by atoms with Crippen molar-refractivity contribution >= 4 is 0 Å². The van der Waals surface area contributed by atoms with Gasteiger partial charge in [-0.1, -0.05) is 24.3 Å². The van der Waals surface area contributed by atoms with Gasteiger partial charge in [-0.2, -0.15) is 5.26 Å². The number of nitrogens with zero attached hydrogens (tertiary/aromatic N) is 4. The zero-order valence-corrected chi connectivity index (χ0v) is 15.8. The molecule has 0 saturated carbocycles. The van der Waals surface area contributed by atoms with E-state index in [9.17, 15) is 0 Å². The van der Waals surface area contributed by atoms with E-state index < -0.39 is 0 Å². The molecule has 0 amide bonds. The second kappa shape index (κ2) is 10.1. The van der Waals surface area contributed by atoms with Crippen LogP contribution in [0.15, 0.2) is 54.9 Å². The Bertz CT molecular complexity index is 918. The Kier molecular flexibility index (Phi) is 6.99. The molecule has 0 aliphatic heterocycles. The van der Waals surface area contributed by atoms with Crippen LogP contribution in [0, 0.1) is 11.3 Å². The fourth-order valence-electron chi connectivity index (χ4n) is 2.78. The standard InChI is InChI=1S/C21H23N5O2/c1-27-19-10-9-17(13-20(19)28-12-6-5-11-22)14-23-15-21-25-24-16-26(21)18-7-3-2-4-8-18/h2-4,7-10,13,16,23H,5-6,12,14-15H2,1H3. The Balaban J connectivity index is 1.59. The summed E-state index contributed by atoms with van der Waals surface area (Å²) in [6, 6.07) is 18.0. The van der Waals surface area contributed by atoms with Gasteiger partial charge in [-0.3, -0.25) is 4.57 Å². The van der Waals surface area contributed by atoms with Crippen LogP contribution in [0.5, 0.6) is 11.5 Å². The number of unbranched alkanes of at least 4 members (excludes halogenated alkanes) is 1. The van der Waals surface area contributed by atoms with Crippen molar-refractivity contribution in [3.63, 3.8) is 0 Å². The first-order valence-electron chi connectivity index (χ1n) is 9.13. The predicted octanol–water partition coefficient (Wildman–Crippen LogP) is 3.25. The molecule has 0 bridgehead atoms. The lowest BCUT2D eigenvalue weighted by Gasteiger charge is -2.12. The largest absolute Gasteiger partial charge is 0.493 e. The summed E-state index contributed by atoms with van der Waals surface area (Å²) in [6.45, 7) is 1.72. The van der Waals surface area contributed by atoms with Gasteiger partial charge in [0, 0.05) is 18.7 Å². The molecule has 0 fully saturated rings. The number of nitriles is 1. The Labute approximate surface area is 164 Å². The number of nitrogens with one attached hydrogen (secondary N) is 1. The number of rotatable bonds is 10. The third-order valence-electron chi connectivity index (χ3n) is 4.18. The molecule has 0 saturated heterocycles. The van der Waals surface area contributed by atoms with E-state index in [-0.39, 0.29) is 0 Å². The predicted molar refractivity (Wildman–Crippen MR) is 105 cm³/mol. The Morgan fingerprint density at radius 3 is 2.75 bits per heavy atom. The van der Waals surface area contributed by atoms with E-state index in [1.807, 2.05) is 53.1 Å². The van der Waals surface area contributed by atoms with Gasteiger partial charge in [-0.15, -0.1) is 10.2 Å². The summed E-state index contributed by atoms with van der Waals surface area (Å²) in [4.78, 5) is 0. The summed E-state index contributed by atoms with van der Waals surface area (Å²) in [5, 5.41) is 20.2. The van der Waals surface area contributed by atoms with Crippen LogP contribution in [0.25, 0.3) is 5.69 Å². The molecule has 7 nitrogen and oxygen atoms in total. The molecule has 3 rings (SSSR count). The lowest BCUT2D eigenvalue weighted by atomic mass is 10.2. The maximum absolute atomic E-state index is 8.63. The molecule has 7 heteroatoms. The Hall–Kier alpha value is -3.37. The van der Waals surface area contributed by atoms with Crippen molar-refractivity contribution in [3.8, 4) is 23.3 Å². The minimum Gasteiger partial charge on any atom is -0.493 e. The fraction of sp³-hybridized carbons (Fsp3) is 0.286. The van der Waals surface area contributed by atoms with Crippen LogP contribution in [0.4, 0.5) is 0 Å². The van der Waals surface area contributed by atoms with Gasteiger partial charge in [0.1, 0.15) is 6.33 Å². The van der Waals surface area contributed by atoms with Gasteiger partial charge < -0.3 is 14.8 Å². The average molecular weight is 377 g/mol. The number of ether oxygens (including phenoxy) is 2. The number of benzene rings is 2. The third-order valence-corrected chi connectivity index (χ3v) is 4.18. The van der Waals surface area contributed by atoms with Gasteiger partial charge in [0.05, 0.1) is 26.3 Å². The van der Waals surface area contributed by atoms with Gasteiger partial charge in [-0.05, 0) is 36.2 Å². The van der Waals surface area contributed by atoms with E-state index in [1.54, 1.807) is 13.4 Å². The highest BCUT2D eigenvalue weighted by Crippen LogP contribution is 2.28. The van der Waals surface area contributed by atoms with Gasteiger partial charge in [0.2, 0.25) is 0 Å². The highest BCUT2D eigenvalue weighted by atomic mass is 16.5. The number of aromatic nitrogens is 3. The highest BCUT2D eigenvalue weighted by Gasteiger charge is 2.08. The molecule has 1 heterocycles. The molecule has 3 aromatic rings. The number of methoxy groups -OCH3 is 1. The van der Waals surface area contributed by atoms with Crippen LogP contribution in [-0.2, 0) is 13.1 Å². The summed E-state index contributed by atoms with van der Waals surface area (Å²) in [5.74, 6) is 2.21. The van der Waals surface area contributed by atoms with Crippen molar-refractivity contribution in [2.75, 3.05) is 13.7 Å². The van der Waals surface area contributed by atoms with E-state index in [2.05, 4.69) is 21.6 Å². The van der Waals surface area contributed by atoms with Crippen molar-refractivity contribution < 1.29 is 9.47 Å². The summed E-state index contributed by atoms with van der Waals surface area (Å²) in [6.07, 6.45) is 2.88. The van der Waals surface area contributed by atoms with Crippen molar-refractivity contribution in [1.82, 2.24) is 20.1 Å². The molecular weight excluding hydrogens is 354 g/mol. The highest BCUT2D eigenvalue weighted by molar-refractivity contribution is 5.43. The van der Waals surface area contributed by atoms with E-state index in [0.29, 0.717) is 44.0 Å². The zero-order chi connectivity index (χ0) is 19.6. The molecule has 2 aromatic carbocycles. The molecule has 0 spiro atoms. The quantitative estimate of drug-likeness (QED) is 0.546. The summed E-state index contributed by atoms with van der Waals surface area (Å²) < 4.78 is 13.1. The van der Waals surface area contributed by atoms with Crippen molar-refractivity contribution in [3.05, 3.63) is 66.2 Å². The summed E-state index contributed by atoms with van der Waals surface area (Å²) >= 11 is 0. The van der Waals surface area contributed by atoms with Crippen molar-refractivity contribution in [2.24, 2.45) is 0 Å². The molecule has 0 aliphatic rings. The van der Waals surface area contributed by atoms with Gasteiger partial charge in [0.15, 0.2) is 17.3 Å². The van der Waals surface area contributed by atoms with Gasteiger partial charge in [0.25, 0.3) is 0 Å². The van der Waals surface area contributed by atoms with Crippen LogP contribution in [-0.4, -0.2) is 28.5 Å². The molecule has 0 radical (unpaired) electrons. The van der Waals surface area contributed by atoms with Gasteiger partial charge in [-0.25, -0.2) is 0 Å². The Morgan fingerprint density at radius 2 is 1.96 bits per heavy atom. The van der Waals surface area contributed by atoms with E-state index in [0.717, 1.165) is 17.1 Å². The second-order valence-electron chi connectivity index (χ2n) is 6.15. The first-order valence-corrected chi connectivity index (χ1v) is 9.13. The van der Waals surface area contributed by atoms with Crippen molar-refractivity contribution in [2.45, 2.75) is 25.9 Å². The maximum Gasteiger partial charge on any atom is 0.161 e. The molecular formula is C21H23N5O2. The SMILES string of the molecule is COc1ccc(CNCc2nncn2-c2ccccc2)cc1OCCCC#N. The zero-order valence-electron chi connectivity index (χ0n) is 15.8. The maximum atomic E-state index is 8.63. The van der Waals surface area contributed by atoms with Crippen LogP contribution in [0.2, 0.25) is 0 Å². The molecule has 1 N–H and O–H groups in total. The topological polar surface area (TPSA) is 85.0 Å². The van der Waals surface area contributed by atoms with E-state index in [4.69, 9.17) is 14.7 Å². The molecule has 0 atom stereocenters. The monoisotopic (exact) mass is 377 g/mol. The fourth-order valence-corrected chi connectivity index (χ4v) is 2.78. The molecule has 0 unspecified atom stereocenters. The second-order valence-corrected chi connectivity index (χ2v) is 6.15. The first kappa shape index (κ1) is 19.4. The first-order chi connectivity index (χ1) is 13.8. The van der Waals surface area contributed by atoms with Crippen LogP contribution >= 0.6 is 0 Å². The molecule has 144 valence electrons. The van der Waals surface area contributed by atoms with E-state index in [1.165, 1.54) is 0 Å². The number of hydrogen-bond donors (Lipinski definition) is 1. The minimum atomic E-state index is 0.478. The van der Waals surface area contributed by atoms with Crippen LogP contribution in [0.1, 0.15) is 24.2 Å². The summed E-state index contributed by atoms with van der Waals surface area (Å²) in [5.41, 5.74) is 2.10. The average Bonchev–Trinajstić information content (AvgIpc) is 3.20. The minimum absolute atomic E-state index is 0.478. The van der Waals surface area contributed by atoms with Crippen LogP contribution in [0.3, 0.4) is 0 Å². The van der Waals surface area contributed by atoms with E-state index >= 15 is 0 Å². The normalized spacial score (nSPS) is 10.4. The van der Waals surface area contributed by atoms with Crippen molar-refractivity contribution in [1.29, 1.82) is 5.26 Å². The Morgan fingerprint density at radius 1 is 1.11 bits per heavy atom. The van der Waals surface area contributed by atoms with Gasteiger partial charge >= 0.3 is 0 Å². The number of hydrogen-bond acceptors (Lipinski definition) is 6. The number of para-hydroxylation sites is 1. The lowest BCUT2D eigenvalue weighted by molar-refractivity contribution is 0.290. The summed E-state index contributed by atoms with van der Waals surface area (Å²) in [7, 11) is 1.62. The molecule has 28 heavy (non-hydrogen) atoms. The molecule has 0 aliphatic carbocycles. The molecule has 1 aromatic heterocycles. The third kappa shape index (κ3) is 5.09. The lowest BCUT2D eigenvalue weighted by Crippen LogP contribution is -2.16.